The van der Waals surface area contributed by atoms with E-state index in [1.165, 1.54) is 19.3 Å². The molecule has 1 aliphatic carbocycles. The Hall–Kier alpha value is -1.25. The molecule has 1 N–H and O–H groups in total. The molecule has 1 aliphatic rings. The molecule has 1 fully saturated rings. The molecule has 1 saturated carbocycles. The molecule has 1 aromatic heterocycles. The predicted molar refractivity (Wildman–Crippen MR) is 61.2 cm³/mol. The molecule has 82 valence electrons. The lowest BCUT2D eigenvalue weighted by atomic mass is 10.1. The van der Waals surface area contributed by atoms with Gasteiger partial charge in [-0.15, -0.1) is 0 Å². The van der Waals surface area contributed by atoms with Crippen molar-refractivity contribution >= 4 is 5.69 Å². The van der Waals surface area contributed by atoms with E-state index in [0.29, 0.717) is 11.9 Å². The van der Waals surface area contributed by atoms with Gasteiger partial charge in [0.15, 0.2) is 0 Å². The molecule has 15 heavy (non-hydrogen) atoms. The van der Waals surface area contributed by atoms with Crippen LogP contribution in [0.2, 0.25) is 0 Å². The molecule has 2 atom stereocenters. The summed E-state index contributed by atoms with van der Waals surface area (Å²) in [4.78, 5) is 4.17. The van der Waals surface area contributed by atoms with Crippen molar-refractivity contribution in [2.24, 2.45) is 5.92 Å². The predicted octanol–water partition coefficient (Wildman–Crippen LogP) is 2.69. The van der Waals surface area contributed by atoms with Crippen LogP contribution >= 0.6 is 0 Å². The number of nitrogens with one attached hydrogen (secondary N) is 1. The SMILES string of the molecule is COc1ncccc1N[C@@H]1CC[C@@H](C)C1. The quantitative estimate of drug-likeness (QED) is 0.825. The van der Waals surface area contributed by atoms with E-state index in [2.05, 4.69) is 17.2 Å². The summed E-state index contributed by atoms with van der Waals surface area (Å²) < 4.78 is 5.21. The Bertz CT molecular complexity index is 327. The molecule has 3 heteroatoms. The minimum atomic E-state index is 0.582. The molecule has 0 saturated heterocycles. The van der Waals surface area contributed by atoms with Crippen LogP contribution in [0.4, 0.5) is 5.69 Å². The second kappa shape index (κ2) is 4.51. The van der Waals surface area contributed by atoms with Gasteiger partial charge in [0.25, 0.3) is 0 Å². The van der Waals surface area contributed by atoms with Gasteiger partial charge in [0, 0.05) is 12.2 Å². The second-order valence-electron chi connectivity index (χ2n) is 4.32. The molecule has 0 radical (unpaired) electrons. The molecule has 1 aromatic rings. The summed E-state index contributed by atoms with van der Waals surface area (Å²) >= 11 is 0. The number of nitrogens with zero attached hydrogens (tertiary/aromatic N) is 1. The lowest BCUT2D eigenvalue weighted by Crippen LogP contribution is -2.16. The second-order valence-corrected chi connectivity index (χ2v) is 4.32. The first-order valence-corrected chi connectivity index (χ1v) is 5.55. The largest absolute Gasteiger partial charge is 0.480 e. The summed E-state index contributed by atoms with van der Waals surface area (Å²) in [6.07, 6.45) is 5.57. The normalized spacial score (nSPS) is 25.2. The van der Waals surface area contributed by atoms with Crippen LogP contribution in [-0.2, 0) is 0 Å². The maximum Gasteiger partial charge on any atom is 0.237 e. The minimum absolute atomic E-state index is 0.582. The van der Waals surface area contributed by atoms with Crippen molar-refractivity contribution in [3.05, 3.63) is 18.3 Å². The third kappa shape index (κ3) is 2.41. The number of hydrogen-bond acceptors (Lipinski definition) is 3. The summed E-state index contributed by atoms with van der Waals surface area (Å²) in [5.74, 6) is 1.53. The first kappa shape index (κ1) is 10.3. The molecular weight excluding hydrogens is 188 g/mol. The maximum atomic E-state index is 5.21. The van der Waals surface area contributed by atoms with E-state index in [0.717, 1.165) is 11.6 Å². The van der Waals surface area contributed by atoms with Gasteiger partial charge in [-0.1, -0.05) is 6.92 Å². The van der Waals surface area contributed by atoms with Gasteiger partial charge in [-0.25, -0.2) is 4.98 Å². The Kier molecular flexibility index (Phi) is 3.09. The summed E-state index contributed by atoms with van der Waals surface area (Å²) in [6, 6.07) is 4.54. The minimum Gasteiger partial charge on any atom is -0.480 e. The fourth-order valence-corrected chi connectivity index (χ4v) is 2.22. The van der Waals surface area contributed by atoms with Crippen molar-refractivity contribution in [3.63, 3.8) is 0 Å². The molecule has 1 heterocycles. The van der Waals surface area contributed by atoms with Crippen LogP contribution in [0, 0.1) is 5.92 Å². The zero-order valence-electron chi connectivity index (χ0n) is 9.36. The average Bonchev–Trinajstić information content (AvgIpc) is 2.65. The van der Waals surface area contributed by atoms with Crippen LogP contribution in [0.25, 0.3) is 0 Å². The number of pyridine rings is 1. The number of rotatable bonds is 3. The average molecular weight is 206 g/mol. The van der Waals surface area contributed by atoms with Crippen LogP contribution in [0.1, 0.15) is 26.2 Å². The Morgan fingerprint density at radius 2 is 2.33 bits per heavy atom. The summed E-state index contributed by atoms with van der Waals surface area (Å²) in [5.41, 5.74) is 1.01. The van der Waals surface area contributed by atoms with Crippen molar-refractivity contribution in [1.82, 2.24) is 4.98 Å². The monoisotopic (exact) mass is 206 g/mol. The highest BCUT2D eigenvalue weighted by Gasteiger charge is 2.21. The molecule has 2 rings (SSSR count). The Balaban J connectivity index is 2.04. The van der Waals surface area contributed by atoms with E-state index >= 15 is 0 Å². The molecule has 3 nitrogen and oxygen atoms in total. The van der Waals surface area contributed by atoms with Gasteiger partial charge in [0.2, 0.25) is 5.88 Å². The van der Waals surface area contributed by atoms with Gasteiger partial charge in [-0.3, -0.25) is 0 Å². The van der Waals surface area contributed by atoms with Gasteiger partial charge in [-0.2, -0.15) is 0 Å². The van der Waals surface area contributed by atoms with E-state index in [1.807, 2.05) is 12.1 Å². The van der Waals surface area contributed by atoms with Crippen molar-refractivity contribution in [1.29, 1.82) is 0 Å². The van der Waals surface area contributed by atoms with Gasteiger partial charge >= 0.3 is 0 Å². The number of hydrogen-bond donors (Lipinski definition) is 1. The van der Waals surface area contributed by atoms with Gasteiger partial charge in [-0.05, 0) is 37.3 Å². The number of aromatic nitrogens is 1. The molecule has 0 amide bonds. The van der Waals surface area contributed by atoms with Crippen molar-refractivity contribution < 1.29 is 4.74 Å². The molecule has 0 aliphatic heterocycles. The fourth-order valence-electron chi connectivity index (χ4n) is 2.22. The van der Waals surface area contributed by atoms with Crippen molar-refractivity contribution in [2.45, 2.75) is 32.2 Å². The topological polar surface area (TPSA) is 34.1 Å². The fraction of sp³-hybridized carbons (Fsp3) is 0.583. The van der Waals surface area contributed by atoms with Crippen molar-refractivity contribution in [3.8, 4) is 5.88 Å². The highest BCUT2D eigenvalue weighted by molar-refractivity contribution is 5.52. The van der Waals surface area contributed by atoms with Gasteiger partial charge in [0.1, 0.15) is 0 Å². The van der Waals surface area contributed by atoms with E-state index in [-0.39, 0.29) is 0 Å². The molecule has 0 bridgehead atoms. The maximum absolute atomic E-state index is 5.21. The van der Waals surface area contributed by atoms with Crippen LogP contribution in [0.3, 0.4) is 0 Å². The summed E-state index contributed by atoms with van der Waals surface area (Å²) in [5, 5.41) is 3.50. The molecule has 0 unspecified atom stereocenters. The van der Waals surface area contributed by atoms with E-state index in [9.17, 15) is 0 Å². The lowest BCUT2D eigenvalue weighted by Gasteiger charge is -2.15. The van der Waals surface area contributed by atoms with Gasteiger partial charge in [0.05, 0.1) is 12.8 Å². The zero-order chi connectivity index (χ0) is 10.7. The van der Waals surface area contributed by atoms with Crippen LogP contribution in [0.15, 0.2) is 18.3 Å². The number of anilines is 1. The summed E-state index contributed by atoms with van der Waals surface area (Å²) in [7, 11) is 1.66. The standard InChI is InChI=1S/C12H18N2O/c1-9-5-6-10(8-9)14-11-4-3-7-13-12(11)15-2/h3-4,7,9-10,14H,5-6,8H2,1-2H3/t9-,10-/m1/s1. The van der Waals surface area contributed by atoms with E-state index in [1.54, 1.807) is 13.3 Å². The highest BCUT2D eigenvalue weighted by atomic mass is 16.5. The number of methoxy groups -OCH3 is 1. The van der Waals surface area contributed by atoms with Crippen molar-refractivity contribution in [2.75, 3.05) is 12.4 Å². The highest BCUT2D eigenvalue weighted by Crippen LogP contribution is 2.29. The van der Waals surface area contributed by atoms with Gasteiger partial charge < -0.3 is 10.1 Å². The van der Waals surface area contributed by atoms with Crippen LogP contribution < -0.4 is 10.1 Å². The smallest absolute Gasteiger partial charge is 0.237 e. The Labute approximate surface area is 90.9 Å². The third-order valence-corrected chi connectivity index (χ3v) is 3.02. The summed E-state index contributed by atoms with van der Waals surface area (Å²) in [6.45, 7) is 2.31. The lowest BCUT2D eigenvalue weighted by molar-refractivity contribution is 0.399. The van der Waals surface area contributed by atoms with Crippen LogP contribution in [-0.4, -0.2) is 18.1 Å². The van der Waals surface area contributed by atoms with E-state index < -0.39 is 0 Å². The zero-order valence-corrected chi connectivity index (χ0v) is 9.36. The first-order chi connectivity index (χ1) is 7.29. The molecule has 0 spiro atoms. The Morgan fingerprint density at radius 1 is 1.47 bits per heavy atom. The third-order valence-electron chi connectivity index (χ3n) is 3.02. The first-order valence-electron chi connectivity index (χ1n) is 5.55. The molecular formula is C12H18N2O. The van der Waals surface area contributed by atoms with Crippen LogP contribution in [0.5, 0.6) is 5.88 Å². The van der Waals surface area contributed by atoms with E-state index in [4.69, 9.17) is 4.74 Å². The molecule has 0 aromatic carbocycles. The Morgan fingerprint density at radius 3 is 3.00 bits per heavy atom. The number of ether oxygens (including phenoxy) is 1.